The van der Waals surface area contributed by atoms with E-state index in [4.69, 9.17) is 14.2 Å². The van der Waals surface area contributed by atoms with Crippen molar-refractivity contribution < 1.29 is 23.8 Å². The number of thiazole rings is 1. The molecule has 1 fully saturated rings. The van der Waals surface area contributed by atoms with Crippen LogP contribution in [0.2, 0.25) is 0 Å². The van der Waals surface area contributed by atoms with Gasteiger partial charge in [0.2, 0.25) is 11.8 Å². The van der Waals surface area contributed by atoms with E-state index in [-0.39, 0.29) is 24.8 Å². The van der Waals surface area contributed by atoms with Gasteiger partial charge >= 0.3 is 0 Å². The molecule has 166 valence electrons. The molecule has 1 aliphatic heterocycles. The molecular weight excluding hydrogens is 430 g/mol. The van der Waals surface area contributed by atoms with Crippen LogP contribution in [0.15, 0.2) is 47.8 Å². The molecule has 1 unspecified atom stereocenters. The van der Waals surface area contributed by atoms with E-state index in [0.29, 0.717) is 33.8 Å². The predicted molar refractivity (Wildman–Crippen MR) is 123 cm³/mol. The van der Waals surface area contributed by atoms with Gasteiger partial charge < -0.3 is 24.4 Å². The lowest BCUT2D eigenvalue weighted by atomic mass is 10.1. The number of nitrogens with one attached hydrogen (secondary N) is 1. The maximum absolute atomic E-state index is 12.9. The Morgan fingerprint density at radius 2 is 1.88 bits per heavy atom. The standard InChI is InChI=1S/C23H23N3O5S/c1-29-15-8-9-19(30-2)16(11-15)17-13-32-23(24-17)25-22(28)14-10-21(27)26(12-14)18-6-4-5-7-20(18)31-3/h4-9,11,13-14H,10,12H2,1-3H3,(H,24,25,28). The number of amides is 2. The van der Waals surface area contributed by atoms with Gasteiger partial charge in [-0.2, -0.15) is 0 Å². The number of carbonyl (C=O) groups is 2. The molecule has 4 rings (SSSR count). The molecule has 0 radical (unpaired) electrons. The highest BCUT2D eigenvalue weighted by molar-refractivity contribution is 7.14. The molecular formula is C23H23N3O5S. The molecule has 0 saturated carbocycles. The highest BCUT2D eigenvalue weighted by Crippen LogP contribution is 2.36. The number of benzene rings is 2. The first-order valence-electron chi connectivity index (χ1n) is 9.96. The van der Waals surface area contributed by atoms with E-state index in [1.54, 1.807) is 32.3 Å². The minimum absolute atomic E-state index is 0.115. The zero-order valence-corrected chi connectivity index (χ0v) is 18.8. The number of anilines is 2. The van der Waals surface area contributed by atoms with Crippen molar-refractivity contribution in [3.05, 3.63) is 47.8 Å². The van der Waals surface area contributed by atoms with Crippen LogP contribution in [0, 0.1) is 5.92 Å². The summed E-state index contributed by atoms with van der Waals surface area (Å²) in [5.74, 6) is 1.10. The van der Waals surface area contributed by atoms with Crippen molar-refractivity contribution in [2.45, 2.75) is 6.42 Å². The van der Waals surface area contributed by atoms with Crippen molar-refractivity contribution >= 4 is 34.0 Å². The Bertz CT molecular complexity index is 1150. The lowest BCUT2D eigenvalue weighted by Gasteiger charge is -2.19. The van der Waals surface area contributed by atoms with Crippen LogP contribution >= 0.6 is 11.3 Å². The molecule has 1 N–H and O–H groups in total. The Labute approximate surface area is 189 Å². The maximum Gasteiger partial charge on any atom is 0.231 e. The molecule has 0 spiro atoms. The van der Waals surface area contributed by atoms with E-state index in [1.807, 2.05) is 41.8 Å². The third-order valence-electron chi connectivity index (χ3n) is 5.29. The fourth-order valence-corrected chi connectivity index (χ4v) is 4.36. The van der Waals surface area contributed by atoms with Crippen molar-refractivity contribution in [3.63, 3.8) is 0 Å². The highest BCUT2D eigenvalue weighted by atomic mass is 32.1. The second-order valence-corrected chi connectivity index (χ2v) is 8.03. The SMILES string of the molecule is COc1ccc(OC)c(-c2csc(NC(=O)C3CC(=O)N(c4ccccc4OC)C3)n2)c1. The number of hydrogen-bond donors (Lipinski definition) is 1. The van der Waals surface area contributed by atoms with Crippen molar-refractivity contribution in [2.24, 2.45) is 5.92 Å². The molecule has 1 aliphatic rings. The molecule has 2 aromatic carbocycles. The Morgan fingerprint density at radius 1 is 1.09 bits per heavy atom. The summed E-state index contributed by atoms with van der Waals surface area (Å²) in [6.07, 6.45) is 0.131. The van der Waals surface area contributed by atoms with Crippen molar-refractivity contribution in [1.29, 1.82) is 0 Å². The third-order valence-corrected chi connectivity index (χ3v) is 6.05. The predicted octanol–water partition coefficient (Wildman–Crippen LogP) is 3.83. The Balaban J connectivity index is 1.48. The summed E-state index contributed by atoms with van der Waals surface area (Å²) in [4.78, 5) is 31.6. The molecule has 3 aromatic rings. The molecule has 1 saturated heterocycles. The van der Waals surface area contributed by atoms with Crippen LogP contribution in [0.1, 0.15) is 6.42 Å². The molecule has 1 atom stereocenters. The molecule has 9 heteroatoms. The summed E-state index contributed by atoms with van der Waals surface area (Å²) in [7, 11) is 4.74. The maximum atomic E-state index is 12.9. The second-order valence-electron chi connectivity index (χ2n) is 7.17. The largest absolute Gasteiger partial charge is 0.497 e. The fraction of sp³-hybridized carbons (Fsp3) is 0.261. The third kappa shape index (κ3) is 4.24. The Hall–Kier alpha value is -3.59. The average molecular weight is 454 g/mol. The number of methoxy groups -OCH3 is 3. The van der Waals surface area contributed by atoms with Crippen molar-refractivity contribution in [1.82, 2.24) is 4.98 Å². The molecule has 0 aliphatic carbocycles. The Kier molecular flexibility index (Phi) is 6.27. The number of aromatic nitrogens is 1. The number of para-hydroxylation sites is 2. The molecule has 8 nitrogen and oxygen atoms in total. The van der Waals surface area contributed by atoms with E-state index in [1.165, 1.54) is 11.3 Å². The summed E-state index contributed by atoms with van der Waals surface area (Å²) in [6.45, 7) is 0.285. The van der Waals surface area contributed by atoms with Gasteiger partial charge in [-0.25, -0.2) is 4.98 Å². The highest BCUT2D eigenvalue weighted by Gasteiger charge is 2.36. The summed E-state index contributed by atoms with van der Waals surface area (Å²) >= 11 is 1.31. The summed E-state index contributed by atoms with van der Waals surface area (Å²) < 4.78 is 16.1. The lowest BCUT2D eigenvalue weighted by molar-refractivity contribution is -0.122. The quantitative estimate of drug-likeness (QED) is 0.585. The summed E-state index contributed by atoms with van der Waals surface area (Å²) in [6, 6.07) is 12.7. The first-order chi connectivity index (χ1) is 15.5. The van der Waals surface area contributed by atoms with E-state index < -0.39 is 5.92 Å². The van der Waals surface area contributed by atoms with E-state index in [0.717, 1.165) is 5.56 Å². The van der Waals surface area contributed by atoms with Crippen LogP contribution in [0.25, 0.3) is 11.3 Å². The summed E-state index contributed by atoms with van der Waals surface area (Å²) in [5, 5.41) is 5.15. The van der Waals surface area contributed by atoms with Crippen LogP contribution in [-0.2, 0) is 9.59 Å². The lowest BCUT2D eigenvalue weighted by Crippen LogP contribution is -2.28. The van der Waals surface area contributed by atoms with Crippen LogP contribution in [-0.4, -0.2) is 44.7 Å². The average Bonchev–Trinajstić information content (AvgIpc) is 3.45. The number of carbonyl (C=O) groups excluding carboxylic acids is 2. The van der Waals surface area contributed by atoms with Crippen LogP contribution in [0.5, 0.6) is 17.2 Å². The van der Waals surface area contributed by atoms with E-state index >= 15 is 0 Å². The normalized spacial score (nSPS) is 15.5. The monoisotopic (exact) mass is 453 g/mol. The van der Waals surface area contributed by atoms with E-state index in [9.17, 15) is 9.59 Å². The molecule has 0 bridgehead atoms. The Morgan fingerprint density at radius 3 is 2.62 bits per heavy atom. The van der Waals surface area contributed by atoms with Gasteiger partial charge in [-0.05, 0) is 30.3 Å². The van der Waals surface area contributed by atoms with Gasteiger partial charge in [0.1, 0.15) is 17.2 Å². The van der Waals surface area contributed by atoms with Gasteiger partial charge in [0.05, 0.1) is 38.6 Å². The van der Waals surface area contributed by atoms with Crippen molar-refractivity contribution in [2.75, 3.05) is 38.1 Å². The summed E-state index contributed by atoms with van der Waals surface area (Å²) in [5.41, 5.74) is 2.10. The minimum Gasteiger partial charge on any atom is -0.497 e. The molecule has 2 amide bonds. The van der Waals surface area contributed by atoms with E-state index in [2.05, 4.69) is 10.3 Å². The van der Waals surface area contributed by atoms with Crippen molar-refractivity contribution in [3.8, 4) is 28.5 Å². The topological polar surface area (TPSA) is 90.0 Å². The molecule has 1 aromatic heterocycles. The smallest absolute Gasteiger partial charge is 0.231 e. The van der Waals surface area contributed by atoms with Crippen LogP contribution < -0.4 is 24.4 Å². The van der Waals surface area contributed by atoms with Gasteiger partial charge in [-0.3, -0.25) is 9.59 Å². The first kappa shape index (κ1) is 21.6. The molecule has 32 heavy (non-hydrogen) atoms. The zero-order valence-electron chi connectivity index (χ0n) is 18.0. The number of rotatable bonds is 7. The van der Waals surface area contributed by atoms with Gasteiger partial charge in [0.15, 0.2) is 5.13 Å². The van der Waals surface area contributed by atoms with Gasteiger partial charge in [0.25, 0.3) is 0 Å². The number of ether oxygens (including phenoxy) is 3. The zero-order chi connectivity index (χ0) is 22.7. The second kappa shape index (κ2) is 9.27. The van der Waals surface area contributed by atoms with Gasteiger partial charge in [0, 0.05) is 23.9 Å². The number of nitrogens with zero attached hydrogens (tertiary/aromatic N) is 2. The van der Waals surface area contributed by atoms with Crippen LogP contribution in [0.4, 0.5) is 10.8 Å². The minimum atomic E-state index is -0.480. The molecule has 2 heterocycles. The van der Waals surface area contributed by atoms with Gasteiger partial charge in [-0.15, -0.1) is 11.3 Å². The van der Waals surface area contributed by atoms with Gasteiger partial charge in [-0.1, -0.05) is 12.1 Å². The van der Waals surface area contributed by atoms with Crippen LogP contribution in [0.3, 0.4) is 0 Å². The number of hydrogen-bond acceptors (Lipinski definition) is 7. The fourth-order valence-electron chi connectivity index (χ4n) is 3.65. The first-order valence-corrected chi connectivity index (χ1v) is 10.8.